The molecule has 1 aliphatic heterocycles. The largest absolute Gasteiger partial charge is 0.360 e. The van der Waals surface area contributed by atoms with E-state index in [0.29, 0.717) is 5.56 Å². The van der Waals surface area contributed by atoms with Gasteiger partial charge in [0.2, 0.25) is 0 Å². The van der Waals surface area contributed by atoms with E-state index in [1.54, 1.807) is 11.9 Å². The Morgan fingerprint density at radius 3 is 3.08 bits per heavy atom. The average molecular weight is 180 g/mol. The first kappa shape index (κ1) is 8.29. The summed E-state index contributed by atoms with van der Waals surface area (Å²) >= 11 is 0. The molecule has 0 unspecified atom stereocenters. The molecule has 4 nitrogen and oxygen atoms in total. The minimum Gasteiger partial charge on any atom is -0.360 e. The standard InChI is InChI=1S/C9H12N2O2/c1-3-6-8-7(13-10-6)4-5-11(2)9(8)12/h3-5H2,1-2H3. The summed E-state index contributed by atoms with van der Waals surface area (Å²) in [6.45, 7) is 2.70. The molecule has 1 aromatic rings. The number of carbonyl (C=O) groups excluding carboxylic acids is 1. The number of rotatable bonds is 1. The number of nitrogens with zero attached hydrogens (tertiary/aromatic N) is 2. The van der Waals surface area contributed by atoms with Gasteiger partial charge in [-0.2, -0.15) is 0 Å². The minimum atomic E-state index is 0.0411. The molecule has 13 heavy (non-hydrogen) atoms. The van der Waals surface area contributed by atoms with Gasteiger partial charge in [0.1, 0.15) is 5.56 Å². The fourth-order valence-corrected chi connectivity index (χ4v) is 1.58. The lowest BCUT2D eigenvalue weighted by molar-refractivity contribution is 0.0773. The van der Waals surface area contributed by atoms with E-state index in [1.165, 1.54) is 0 Å². The van der Waals surface area contributed by atoms with Gasteiger partial charge >= 0.3 is 0 Å². The molecule has 1 aromatic heterocycles. The van der Waals surface area contributed by atoms with E-state index in [2.05, 4.69) is 5.16 Å². The van der Waals surface area contributed by atoms with Crippen LogP contribution in [0.1, 0.15) is 28.7 Å². The molecule has 0 aromatic carbocycles. The molecule has 0 fully saturated rings. The topological polar surface area (TPSA) is 46.3 Å². The van der Waals surface area contributed by atoms with Gasteiger partial charge in [0.25, 0.3) is 5.91 Å². The highest BCUT2D eigenvalue weighted by Crippen LogP contribution is 2.21. The maximum absolute atomic E-state index is 11.7. The molecule has 0 aliphatic carbocycles. The summed E-state index contributed by atoms with van der Waals surface area (Å²) in [6.07, 6.45) is 1.53. The number of aryl methyl sites for hydroxylation is 1. The molecule has 0 spiro atoms. The van der Waals surface area contributed by atoms with Gasteiger partial charge in [-0.15, -0.1) is 0 Å². The van der Waals surface area contributed by atoms with Gasteiger partial charge in [0.15, 0.2) is 5.76 Å². The SMILES string of the molecule is CCc1noc2c1C(=O)N(C)CC2. The molecule has 0 N–H and O–H groups in total. The van der Waals surface area contributed by atoms with Gasteiger partial charge < -0.3 is 9.42 Å². The average Bonchev–Trinajstić information content (AvgIpc) is 2.55. The number of likely N-dealkylation sites (N-methyl/N-ethyl adjacent to an activating group) is 1. The summed E-state index contributed by atoms with van der Waals surface area (Å²) in [5, 5.41) is 3.88. The van der Waals surface area contributed by atoms with Crippen LogP contribution >= 0.6 is 0 Å². The summed E-state index contributed by atoms with van der Waals surface area (Å²) in [5.41, 5.74) is 1.47. The van der Waals surface area contributed by atoms with E-state index in [-0.39, 0.29) is 5.91 Å². The minimum absolute atomic E-state index is 0.0411. The Balaban J connectivity index is 2.49. The Hall–Kier alpha value is -1.32. The van der Waals surface area contributed by atoms with Crippen molar-refractivity contribution in [3.05, 3.63) is 17.0 Å². The van der Waals surface area contributed by atoms with Crippen molar-refractivity contribution < 1.29 is 9.32 Å². The summed E-state index contributed by atoms with van der Waals surface area (Å²) in [7, 11) is 1.80. The zero-order valence-electron chi connectivity index (χ0n) is 7.83. The second-order valence-electron chi connectivity index (χ2n) is 3.26. The van der Waals surface area contributed by atoms with Crippen molar-refractivity contribution in [3.63, 3.8) is 0 Å². The molecular weight excluding hydrogens is 168 g/mol. The second-order valence-corrected chi connectivity index (χ2v) is 3.26. The Kier molecular flexibility index (Phi) is 1.83. The molecule has 0 saturated heterocycles. The van der Waals surface area contributed by atoms with Crippen LogP contribution in [0.3, 0.4) is 0 Å². The van der Waals surface area contributed by atoms with Crippen LogP contribution in [-0.2, 0) is 12.8 Å². The molecule has 0 bridgehead atoms. The highest BCUT2D eigenvalue weighted by molar-refractivity contribution is 5.97. The molecule has 2 heterocycles. The third-order valence-corrected chi connectivity index (χ3v) is 2.40. The van der Waals surface area contributed by atoms with Gasteiger partial charge in [0, 0.05) is 20.0 Å². The third-order valence-electron chi connectivity index (χ3n) is 2.40. The van der Waals surface area contributed by atoms with Gasteiger partial charge in [-0.3, -0.25) is 4.79 Å². The first-order chi connectivity index (χ1) is 6.24. The summed E-state index contributed by atoms with van der Waals surface area (Å²) in [5.74, 6) is 0.791. The van der Waals surface area contributed by atoms with Crippen molar-refractivity contribution in [2.24, 2.45) is 0 Å². The van der Waals surface area contributed by atoms with Crippen molar-refractivity contribution in [1.82, 2.24) is 10.1 Å². The van der Waals surface area contributed by atoms with Crippen molar-refractivity contribution in [1.29, 1.82) is 0 Å². The Bertz CT molecular complexity index is 330. The van der Waals surface area contributed by atoms with Crippen LogP contribution in [0.5, 0.6) is 0 Å². The molecule has 4 heteroatoms. The van der Waals surface area contributed by atoms with E-state index in [1.807, 2.05) is 6.92 Å². The molecular formula is C9H12N2O2. The van der Waals surface area contributed by atoms with Crippen LogP contribution in [0.2, 0.25) is 0 Å². The van der Waals surface area contributed by atoms with Crippen molar-refractivity contribution in [2.45, 2.75) is 19.8 Å². The zero-order chi connectivity index (χ0) is 9.42. The maximum atomic E-state index is 11.7. The fraction of sp³-hybridized carbons (Fsp3) is 0.556. The molecule has 1 amide bonds. The number of hydrogen-bond acceptors (Lipinski definition) is 3. The summed E-state index contributed by atoms with van der Waals surface area (Å²) in [6, 6.07) is 0. The number of carbonyl (C=O) groups is 1. The highest BCUT2D eigenvalue weighted by Gasteiger charge is 2.28. The van der Waals surface area contributed by atoms with Gasteiger partial charge in [0.05, 0.1) is 5.69 Å². The first-order valence-corrected chi connectivity index (χ1v) is 4.47. The van der Waals surface area contributed by atoms with Crippen LogP contribution in [0.25, 0.3) is 0 Å². The summed E-state index contributed by atoms with van der Waals surface area (Å²) in [4.78, 5) is 13.4. The van der Waals surface area contributed by atoms with E-state index in [4.69, 9.17) is 4.52 Å². The van der Waals surface area contributed by atoms with E-state index < -0.39 is 0 Å². The fourth-order valence-electron chi connectivity index (χ4n) is 1.58. The molecule has 0 atom stereocenters. The van der Waals surface area contributed by atoms with Gasteiger partial charge in [-0.25, -0.2) is 0 Å². The molecule has 70 valence electrons. The Labute approximate surface area is 76.5 Å². The zero-order valence-corrected chi connectivity index (χ0v) is 7.83. The molecule has 0 saturated carbocycles. The number of amides is 1. The van der Waals surface area contributed by atoms with Crippen LogP contribution in [0, 0.1) is 0 Å². The van der Waals surface area contributed by atoms with Crippen LogP contribution in [0.15, 0.2) is 4.52 Å². The number of fused-ring (bicyclic) bond motifs is 1. The lowest BCUT2D eigenvalue weighted by Gasteiger charge is -2.20. The lowest BCUT2D eigenvalue weighted by Crippen LogP contribution is -2.34. The molecule has 2 rings (SSSR count). The normalized spacial score (nSPS) is 16.2. The predicted molar refractivity (Wildman–Crippen MR) is 46.5 cm³/mol. The van der Waals surface area contributed by atoms with Crippen LogP contribution in [0.4, 0.5) is 0 Å². The smallest absolute Gasteiger partial charge is 0.259 e. The first-order valence-electron chi connectivity index (χ1n) is 4.47. The number of hydrogen-bond donors (Lipinski definition) is 0. The van der Waals surface area contributed by atoms with Gasteiger partial charge in [-0.05, 0) is 6.42 Å². The predicted octanol–water partition coefficient (Wildman–Crippen LogP) is 0.865. The second kappa shape index (κ2) is 2.87. The van der Waals surface area contributed by atoms with Crippen molar-refractivity contribution in [3.8, 4) is 0 Å². The Morgan fingerprint density at radius 2 is 2.38 bits per heavy atom. The maximum Gasteiger partial charge on any atom is 0.259 e. The lowest BCUT2D eigenvalue weighted by atomic mass is 10.0. The van der Waals surface area contributed by atoms with Crippen LogP contribution in [-0.4, -0.2) is 29.6 Å². The summed E-state index contributed by atoms with van der Waals surface area (Å²) < 4.78 is 5.10. The monoisotopic (exact) mass is 180 g/mol. The van der Waals surface area contributed by atoms with E-state index >= 15 is 0 Å². The third kappa shape index (κ3) is 1.13. The highest BCUT2D eigenvalue weighted by atomic mass is 16.5. The van der Waals surface area contributed by atoms with Gasteiger partial charge in [-0.1, -0.05) is 12.1 Å². The Morgan fingerprint density at radius 1 is 1.62 bits per heavy atom. The van der Waals surface area contributed by atoms with Crippen LogP contribution < -0.4 is 0 Å². The molecule has 0 radical (unpaired) electrons. The molecule has 1 aliphatic rings. The quantitative estimate of drug-likeness (QED) is 0.644. The van der Waals surface area contributed by atoms with Crippen molar-refractivity contribution in [2.75, 3.05) is 13.6 Å². The van der Waals surface area contributed by atoms with Crippen molar-refractivity contribution >= 4 is 5.91 Å². The van der Waals surface area contributed by atoms with E-state index in [0.717, 1.165) is 30.8 Å². The van der Waals surface area contributed by atoms with E-state index in [9.17, 15) is 4.79 Å². The number of aromatic nitrogens is 1.